The fraction of sp³-hybridized carbons (Fsp3) is 0.455. The minimum Gasteiger partial charge on any atom is -0.378 e. The number of halogens is 1. The van der Waals surface area contributed by atoms with E-state index in [1.165, 1.54) is 22.5 Å². The van der Waals surface area contributed by atoms with E-state index < -0.39 is 5.54 Å². The van der Waals surface area contributed by atoms with Crippen LogP contribution in [0.4, 0.5) is 5.69 Å². The minimum absolute atomic E-state index is 0.149. The van der Waals surface area contributed by atoms with Crippen LogP contribution in [0.15, 0.2) is 30.3 Å². The van der Waals surface area contributed by atoms with Crippen LogP contribution in [0.3, 0.4) is 0 Å². The maximum absolute atomic E-state index is 13.2. The number of amides is 2. The number of nitrogens with zero attached hydrogens (tertiary/aromatic N) is 1. The van der Waals surface area contributed by atoms with Crippen LogP contribution < -0.4 is 10.6 Å². The molecule has 0 spiro atoms. The van der Waals surface area contributed by atoms with Gasteiger partial charge in [0, 0.05) is 31.8 Å². The van der Waals surface area contributed by atoms with Crippen LogP contribution in [0, 0.1) is 0 Å². The van der Waals surface area contributed by atoms with Gasteiger partial charge in [0.05, 0.1) is 15.8 Å². The lowest BCUT2D eigenvalue weighted by Gasteiger charge is -2.27. The molecule has 6 nitrogen and oxygen atoms in total. The van der Waals surface area contributed by atoms with Gasteiger partial charge < -0.3 is 20.3 Å². The highest BCUT2D eigenvalue weighted by Crippen LogP contribution is 2.29. The second-order valence-electron chi connectivity index (χ2n) is 8.22. The van der Waals surface area contributed by atoms with Crippen LogP contribution in [-0.4, -0.2) is 55.6 Å². The molecular formula is C22H26ClN3O3S. The second kappa shape index (κ2) is 8.67. The zero-order valence-corrected chi connectivity index (χ0v) is 18.7. The van der Waals surface area contributed by atoms with Gasteiger partial charge in [0.15, 0.2) is 0 Å². The van der Waals surface area contributed by atoms with E-state index in [0.29, 0.717) is 28.2 Å². The molecular weight excluding hydrogens is 422 g/mol. The number of likely N-dealkylation sites (N-methyl/N-ethyl adjacent to an activating group) is 1. The van der Waals surface area contributed by atoms with Gasteiger partial charge in [-0.25, -0.2) is 0 Å². The number of hydrogen-bond donors (Lipinski definition) is 2. The maximum Gasteiger partial charge on any atom is 0.262 e. The number of benzene rings is 1. The summed E-state index contributed by atoms with van der Waals surface area (Å²) in [7, 11) is 2.14. The average Bonchev–Trinajstić information content (AvgIpc) is 3.33. The molecule has 2 amide bonds. The molecule has 1 aromatic carbocycles. The van der Waals surface area contributed by atoms with E-state index in [-0.39, 0.29) is 18.4 Å². The van der Waals surface area contributed by atoms with Gasteiger partial charge in [-0.15, -0.1) is 11.3 Å². The number of anilines is 1. The molecule has 2 aliphatic rings. The summed E-state index contributed by atoms with van der Waals surface area (Å²) in [6.45, 7) is 4.80. The standard InChI is InChI=1S/C22H26ClN3O3S/c1-14-12-26(2)9-7-15-3-4-16(11-17(14)15)24-21(28)22(8-10-29-13-22)25-20(27)18-5-6-19(23)30-18/h3-6,11,14H,7-10,12-13H2,1-2H3,(H,24,28)(H,25,27)/t14-,22-/m0/s1. The second-order valence-corrected chi connectivity index (χ2v) is 9.94. The quantitative estimate of drug-likeness (QED) is 0.752. The molecule has 1 saturated heterocycles. The van der Waals surface area contributed by atoms with E-state index in [1.54, 1.807) is 12.1 Å². The fourth-order valence-corrected chi connectivity index (χ4v) is 5.13. The summed E-state index contributed by atoms with van der Waals surface area (Å²) in [6, 6.07) is 9.45. The first kappa shape index (κ1) is 21.3. The predicted molar refractivity (Wildman–Crippen MR) is 120 cm³/mol. The largest absolute Gasteiger partial charge is 0.378 e. The molecule has 2 atom stereocenters. The normalized spacial score (nSPS) is 24.2. The Bertz CT molecular complexity index is 955. The number of thiophene rings is 1. The van der Waals surface area contributed by atoms with Crippen molar-refractivity contribution in [3.05, 3.63) is 50.7 Å². The summed E-state index contributed by atoms with van der Waals surface area (Å²) in [5.74, 6) is -0.183. The molecule has 1 aromatic heterocycles. The molecule has 0 radical (unpaired) electrons. The van der Waals surface area contributed by atoms with Gasteiger partial charge >= 0.3 is 0 Å². The molecule has 2 N–H and O–H groups in total. The molecule has 30 heavy (non-hydrogen) atoms. The van der Waals surface area contributed by atoms with Crippen LogP contribution in [0.1, 0.15) is 40.1 Å². The topological polar surface area (TPSA) is 70.7 Å². The first-order valence-electron chi connectivity index (χ1n) is 10.1. The highest BCUT2D eigenvalue weighted by molar-refractivity contribution is 7.18. The van der Waals surface area contributed by atoms with Crippen molar-refractivity contribution in [2.45, 2.75) is 31.2 Å². The van der Waals surface area contributed by atoms with Gasteiger partial charge in [-0.1, -0.05) is 24.6 Å². The Kier molecular flexibility index (Phi) is 6.16. The van der Waals surface area contributed by atoms with Crippen molar-refractivity contribution in [2.75, 3.05) is 38.7 Å². The molecule has 0 bridgehead atoms. The highest BCUT2D eigenvalue weighted by atomic mass is 35.5. The first-order chi connectivity index (χ1) is 14.4. The Morgan fingerprint density at radius 1 is 1.30 bits per heavy atom. The SMILES string of the molecule is C[C@H]1CN(C)CCc2ccc(NC(=O)[C@]3(NC(=O)c4ccc(Cl)s4)CCOC3)cc21. The summed E-state index contributed by atoms with van der Waals surface area (Å²) < 4.78 is 6.03. The lowest BCUT2D eigenvalue weighted by Crippen LogP contribution is -2.57. The first-order valence-corrected chi connectivity index (χ1v) is 11.3. The molecule has 2 aromatic rings. The molecule has 0 unspecified atom stereocenters. The number of carbonyl (C=O) groups excluding carboxylic acids is 2. The van der Waals surface area contributed by atoms with E-state index in [4.69, 9.17) is 16.3 Å². The maximum atomic E-state index is 13.2. The van der Waals surface area contributed by atoms with E-state index in [2.05, 4.69) is 41.6 Å². The monoisotopic (exact) mass is 447 g/mol. The van der Waals surface area contributed by atoms with Crippen molar-refractivity contribution in [3.8, 4) is 0 Å². The zero-order chi connectivity index (χ0) is 21.3. The third-order valence-electron chi connectivity index (χ3n) is 5.89. The Labute approximate surface area is 185 Å². The number of hydrogen-bond acceptors (Lipinski definition) is 5. The van der Waals surface area contributed by atoms with Crippen molar-refractivity contribution in [1.29, 1.82) is 0 Å². The summed E-state index contributed by atoms with van der Waals surface area (Å²) in [4.78, 5) is 28.7. The van der Waals surface area contributed by atoms with Gasteiger partial charge in [-0.05, 0) is 54.8 Å². The zero-order valence-electron chi connectivity index (χ0n) is 17.2. The van der Waals surface area contributed by atoms with Crippen LogP contribution in [0.25, 0.3) is 0 Å². The molecule has 1 fully saturated rings. The van der Waals surface area contributed by atoms with E-state index >= 15 is 0 Å². The predicted octanol–water partition coefficient (Wildman–Crippen LogP) is 3.52. The van der Waals surface area contributed by atoms with Crippen molar-refractivity contribution in [3.63, 3.8) is 0 Å². The fourth-order valence-electron chi connectivity index (χ4n) is 4.19. The molecule has 0 aliphatic carbocycles. The van der Waals surface area contributed by atoms with Crippen molar-refractivity contribution < 1.29 is 14.3 Å². The Balaban J connectivity index is 1.52. The molecule has 3 heterocycles. The van der Waals surface area contributed by atoms with Crippen molar-refractivity contribution in [2.24, 2.45) is 0 Å². The van der Waals surface area contributed by atoms with Crippen LogP contribution >= 0.6 is 22.9 Å². The lowest BCUT2D eigenvalue weighted by molar-refractivity contribution is -0.122. The van der Waals surface area contributed by atoms with Crippen molar-refractivity contribution in [1.82, 2.24) is 10.2 Å². The van der Waals surface area contributed by atoms with E-state index in [1.807, 2.05) is 6.07 Å². The number of fused-ring (bicyclic) bond motifs is 1. The van der Waals surface area contributed by atoms with Gasteiger partial charge in [0.1, 0.15) is 5.54 Å². The van der Waals surface area contributed by atoms with Gasteiger partial charge in [0.2, 0.25) is 0 Å². The van der Waals surface area contributed by atoms with E-state index in [9.17, 15) is 9.59 Å². The third-order valence-corrected chi connectivity index (χ3v) is 7.12. The Morgan fingerprint density at radius 2 is 2.13 bits per heavy atom. The average molecular weight is 448 g/mol. The van der Waals surface area contributed by atoms with Gasteiger partial charge in [-0.3, -0.25) is 9.59 Å². The van der Waals surface area contributed by atoms with Crippen LogP contribution in [0.2, 0.25) is 4.34 Å². The molecule has 0 saturated carbocycles. The Morgan fingerprint density at radius 3 is 2.83 bits per heavy atom. The molecule has 2 aliphatic heterocycles. The number of ether oxygens (including phenoxy) is 1. The van der Waals surface area contributed by atoms with Gasteiger partial charge in [0.25, 0.3) is 11.8 Å². The van der Waals surface area contributed by atoms with Crippen molar-refractivity contribution >= 4 is 40.4 Å². The number of nitrogens with one attached hydrogen (secondary N) is 2. The molecule has 160 valence electrons. The Hall–Kier alpha value is -1.93. The summed E-state index contributed by atoms with van der Waals surface area (Å²) in [5.41, 5.74) is 2.25. The molecule has 8 heteroatoms. The lowest BCUT2D eigenvalue weighted by atomic mass is 9.94. The number of carbonyl (C=O) groups is 2. The smallest absolute Gasteiger partial charge is 0.262 e. The number of rotatable bonds is 4. The summed E-state index contributed by atoms with van der Waals surface area (Å²) >= 11 is 7.14. The minimum atomic E-state index is -1.09. The summed E-state index contributed by atoms with van der Waals surface area (Å²) in [6.07, 6.45) is 1.43. The third kappa shape index (κ3) is 4.39. The highest BCUT2D eigenvalue weighted by Gasteiger charge is 2.44. The summed E-state index contributed by atoms with van der Waals surface area (Å²) in [5, 5.41) is 5.92. The van der Waals surface area contributed by atoms with Crippen LogP contribution in [-0.2, 0) is 16.0 Å². The molecule has 4 rings (SSSR count). The van der Waals surface area contributed by atoms with Crippen LogP contribution in [0.5, 0.6) is 0 Å². The van der Waals surface area contributed by atoms with Gasteiger partial charge in [-0.2, -0.15) is 0 Å². The van der Waals surface area contributed by atoms with E-state index in [0.717, 1.165) is 25.2 Å².